The number of nitrogens with zero attached hydrogens (tertiary/aromatic N) is 2. The summed E-state index contributed by atoms with van der Waals surface area (Å²) in [5.41, 5.74) is 0.866. The predicted molar refractivity (Wildman–Crippen MR) is 84.1 cm³/mol. The second-order valence-electron chi connectivity index (χ2n) is 5.74. The number of benzene rings is 1. The van der Waals surface area contributed by atoms with Gasteiger partial charge < -0.3 is 4.74 Å². The van der Waals surface area contributed by atoms with Gasteiger partial charge in [-0.1, -0.05) is 17.7 Å². The van der Waals surface area contributed by atoms with Crippen molar-refractivity contribution in [3.63, 3.8) is 0 Å². The van der Waals surface area contributed by atoms with Gasteiger partial charge in [0.05, 0.1) is 11.7 Å². The van der Waals surface area contributed by atoms with Crippen LogP contribution in [0.4, 0.5) is 4.39 Å². The maximum atomic E-state index is 13.8. The van der Waals surface area contributed by atoms with Crippen molar-refractivity contribution in [3.8, 4) is 16.9 Å². The predicted octanol–water partition coefficient (Wildman–Crippen LogP) is 3.69. The molecule has 0 radical (unpaired) electrons. The van der Waals surface area contributed by atoms with Gasteiger partial charge in [-0.15, -0.1) is 0 Å². The molecule has 3 rings (SSSR count). The number of hydrogen-bond donors (Lipinski definition) is 0. The molecule has 0 aliphatic carbocycles. The van der Waals surface area contributed by atoms with Crippen molar-refractivity contribution >= 4 is 11.6 Å². The van der Waals surface area contributed by atoms with Crippen LogP contribution in [0, 0.1) is 5.82 Å². The molecule has 0 bridgehead atoms. The van der Waals surface area contributed by atoms with Crippen molar-refractivity contribution in [1.29, 1.82) is 0 Å². The molecule has 0 saturated carbocycles. The van der Waals surface area contributed by atoms with Gasteiger partial charge in [-0.2, -0.15) is 0 Å². The summed E-state index contributed by atoms with van der Waals surface area (Å²) >= 11 is 6.39. The van der Waals surface area contributed by atoms with Gasteiger partial charge in [0.15, 0.2) is 11.6 Å². The van der Waals surface area contributed by atoms with Crippen molar-refractivity contribution in [2.45, 2.75) is 45.9 Å². The van der Waals surface area contributed by atoms with E-state index in [1.165, 1.54) is 6.07 Å². The number of ether oxygens (including phenoxy) is 1. The molecule has 0 N–H and O–H groups in total. The summed E-state index contributed by atoms with van der Waals surface area (Å²) in [6.07, 6.45) is 1.81. The van der Waals surface area contributed by atoms with Gasteiger partial charge in [-0.05, 0) is 44.4 Å². The maximum absolute atomic E-state index is 13.8. The topological polar surface area (TPSA) is 36.2 Å². The number of hydrogen-bond acceptors (Lipinski definition) is 2. The highest BCUT2D eigenvalue weighted by Gasteiger charge is 2.22. The van der Waals surface area contributed by atoms with E-state index in [9.17, 15) is 9.18 Å². The third-order valence-electron chi connectivity index (χ3n) is 3.75. The molecule has 0 saturated heterocycles. The van der Waals surface area contributed by atoms with E-state index < -0.39 is 5.82 Å². The Morgan fingerprint density at radius 3 is 2.55 bits per heavy atom. The zero-order valence-corrected chi connectivity index (χ0v) is 13.4. The van der Waals surface area contributed by atoms with E-state index in [1.54, 1.807) is 21.5 Å². The lowest BCUT2D eigenvalue weighted by atomic mass is 10.1. The highest BCUT2D eigenvalue weighted by Crippen LogP contribution is 2.31. The molecule has 1 aromatic carbocycles. The molecule has 0 unspecified atom stereocenters. The van der Waals surface area contributed by atoms with Crippen molar-refractivity contribution in [3.05, 3.63) is 39.5 Å². The Hall–Kier alpha value is -1.75. The summed E-state index contributed by atoms with van der Waals surface area (Å²) < 4.78 is 22.7. The van der Waals surface area contributed by atoms with E-state index in [0.29, 0.717) is 22.8 Å². The zero-order chi connectivity index (χ0) is 15.9. The third kappa shape index (κ3) is 2.54. The Bertz CT molecular complexity index is 764. The zero-order valence-electron chi connectivity index (χ0n) is 12.6. The molecule has 1 aliphatic heterocycles. The molecule has 1 aromatic heterocycles. The van der Waals surface area contributed by atoms with Gasteiger partial charge in [-0.25, -0.2) is 9.07 Å². The first-order valence-electron chi connectivity index (χ1n) is 7.44. The summed E-state index contributed by atoms with van der Waals surface area (Å²) in [5.74, 6) is -0.310. The standard InChI is InChI=1S/C16H18ClFN2O2/c1-10(2)22-13-9-11(5-6-12(13)18)14-15(17)19-7-3-4-8-20(19)16(14)21/h5-6,9-10H,3-4,7-8H2,1-2H3. The SMILES string of the molecule is CC(C)Oc1cc(-c2c(Cl)n3n(c2=O)CCCC3)ccc1F. The van der Waals surface area contributed by atoms with Crippen LogP contribution in [0.3, 0.4) is 0 Å². The first kappa shape index (κ1) is 15.2. The van der Waals surface area contributed by atoms with Crippen LogP contribution < -0.4 is 10.3 Å². The molecule has 1 aliphatic rings. The number of halogens is 2. The number of rotatable bonds is 3. The number of aromatic nitrogens is 2. The smallest absolute Gasteiger partial charge is 0.276 e. The molecule has 22 heavy (non-hydrogen) atoms. The Labute approximate surface area is 133 Å². The minimum Gasteiger partial charge on any atom is -0.488 e. The molecule has 0 amide bonds. The summed E-state index contributed by atoms with van der Waals surface area (Å²) in [6.45, 7) is 5.04. The van der Waals surface area contributed by atoms with E-state index in [0.717, 1.165) is 19.4 Å². The van der Waals surface area contributed by atoms with Crippen molar-refractivity contribution in [2.24, 2.45) is 0 Å². The summed E-state index contributed by atoms with van der Waals surface area (Å²) in [6, 6.07) is 4.42. The van der Waals surface area contributed by atoms with Gasteiger partial charge in [0.1, 0.15) is 5.15 Å². The largest absolute Gasteiger partial charge is 0.488 e. The lowest BCUT2D eigenvalue weighted by Gasteiger charge is -2.17. The molecular formula is C16H18ClFN2O2. The lowest BCUT2D eigenvalue weighted by Crippen LogP contribution is -2.27. The van der Waals surface area contributed by atoms with Gasteiger partial charge in [0, 0.05) is 13.1 Å². The van der Waals surface area contributed by atoms with Crippen LogP contribution in [0.15, 0.2) is 23.0 Å². The molecule has 0 atom stereocenters. The van der Waals surface area contributed by atoms with Crippen LogP contribution in [0.5, 0.6) is 5.75 Å². The van der Waals surface area contributed by atoms with Crippen molar-refractivity contribution in [1.82, 2.24) is 9.36 Å². The lowest BCUT2D eigenvalue weighted by molar-refractivity contribution is 0.231. The summed E-state index contributed by atoms with van der Waals surface area (Å²) in [4.78, 5) is 12.6. The fourth-order valence-electron chi connectivity index (χ4n) is 2.77. The molecule has 2 heterocycles. The van der Waals surface area contributed by atoms with E-state index in [1.807, 2.05) is 13.8 Å². The highest BCUT2D eigenvalue weighted by molar-refractivity contribution is 6.32. The molecule has 6 heteroatoms. The Balaban J connectivity index is 2.12. The maximum Gasteiger partial charge on any atom is 0.276 e. The van der Waals surface area contributed by atoms with Crippen LogP contribution >= 0.6 is 11.6 Å². The Morgan fingerprint density at radius 1 is 1.23 bits per heavy atom. The monoisotopic (exact) mass is 324 g/mol. The molecule has 118 valence electrons. The normalized spacial score (nSPS) is 14.2. The average molecular weight is 325 g/mol. The minimum absolute atomic E-state index is 0.133. The quantitative estimate of drug-likeness (QED) is 0.863. The van der Waals surface area contributed by atoms with Crippen molar-refractivity contribution < 1.29 is 9.13 Å². The summed E-state index contributed by atoms with van der Waals surface area (Å²) in [7, 11) is 0. The fraction of sp³-hybridized carbons (Fsp3) is 0.438. The number of fused-ring (bicyclic) bond motifs is 1. The van der Waals surface area contributed by atoms with Crippen LogP contribution in [0.2, 0.25) is 5.15 Å². The van der Waals surface area contributed by atoms with Crippen LogP contribution in [-0.4, -0.2) is 15.5 Å². The molecule has 0 spiro atoms. The van der Waals surface area contributed by atoms with Crippen LogP contribution in [0.25, 0.3) is 11.1 Å². The molecule has 0 fully saturated rings. The van der Waals surface area contributed by atoms with E-state index >= 15 is 0 Å². The first-order valence-corrected chi connectivity index (χ1v) is 7.82. The molecule has 4 nitrogen and oxygen atoms in total. The van der Waals surface area contributed by atoms with E-state index in [4.69, 9.17) is 16.3 Å². The summed E-state index contributed by atoms with van der Waals surface area (Å²) in [5, 5.41) is 0.409. The Kier molecular flexibility index (Phi) is 4.00. The van der Waals surface area contributed by atoms with Gasteiger partial charge >= 0.3 is 0 Å². The van der Waals surface area contributed by atoms with Crippen LogP contribution in [0.1, 0.15) is 26.7 Å². The van der Waals surface area contributed by atoms with Gasteiger partial charge in [0.25, 0.3) is 5.56 Å². The van der Waals surface area contributed by atoms with Gasteiger partial charge in [0.2, 0.25) is 0 Å². The van der Waals surface area contributed by atoms with Gasteiger partial charge in [-0.3, -0.25) is 9.48 Å². The third-order valence-corrected chi connectivity index (χ3v) is 4.13. The second kappa shape index (κ2) is 5.80. The van der Waals surface area contributed by atoms with E-state index in [-0.39, 0.29) is 17.4 Å². The van der Waals surface area contributed by atoms with Crippen LogP contribution in [-0.2, 0) is 13.1 Å². The first-order chi connectivity index (χ1) is 10.5. The van der Waals surface area contributed by atoms with Crippen molar-refractivity contribution in [2.75, 3.05) is 0 Å². The molecule has 2 aromatic rings. The van der Waals surface area contributed by atoms with E-state index in [2.05, 4.69) is 0 Å². The molecular weight excluding hydrogens is 307 g/mol. The minimum atomic E-state index is -0.447. The second-order valence-corrected chi connectivity index (χ2v) is 6.09. The highest BCUT2D eigenvalue weighted by atomic mass is 35.5. The Morgan fingerprint density at radius 2 is 1.91 bits per heavy atom. The average Bonchev–Trinajstić information content (AvgIpc) is 2.74. The fourth-order valence-corrected chi connectivity index (χ4v) is 3.14.